The summed E-state index contributed by atoms with van der Waals surface area (Å²) in [4.78, 5) is 35.1. The van der Waals surface area contributed by atoms with Crippen LogP contribution in [0.5, 0.6) is 0 Å². The SMILES string of the molecule is Cc1nc2c(C)cccn2c1C(O)=C1C(=O)C(=O)N(CCN2CCOCC2)C1c1ccc(Br)cc1. The lowest BCUT2D eigenvalue weighted by Crippen LogP contribution is -2.42. The molecule has 0 radical (unpaired) electrons. The number of halogens is 1. The molecule has 1 atom stereocenters. The largest absolute Gasteiger partial charge is 0.505 e. The number of pyridine rings is 1. The van der Waals surface area contributed by atoms with Gasteiger partial charge < -0.3 is 14.7 Å². The minimum atomic E-state index is -0.695. The Morgan fingerprint density at radius 3 is 2.54 bits per heavy atom. The number of rotatable bonds is 5. The zero-order chi connectivity index (χ0) is 24.7. The number of aliphatic hydroxyl groups is 1. The molecular weight excluding hydrogens is 512 g/mol. The molecule has 2 fully saturated rings. The number of likely N-dealkylation sites (tertiary alicyclic amines) is 1. The standard InChI is InChI=1S/C26H27BrN4O4/c1-16-4-3-9-30-21(17(2)28-25(16)30)23(32)20-22(18-5-7-19(27)8-6-18)31(26(34)24(20)33)11-10-29-12-14-35-15-13-29/h3-9,22,32H,10-15H2,1-2H3. The molecule has 2 saturated heterocycles. The zero-order valence-electron chi connectivity index (χ0n) is 19.7. The highest BCUT2D eigenvalue weighted by atomic mass is 79.9. The van der Waals surface area contributed by atoms with Crippen LogP contribution in [0.2, 0.25) is 0 Å². The number of nitrogens with zero attached hydrogens (tertiary/aromatic N) is 4. The normalized spacial score (nSPS) is 20.8. The number of imidazole rings is 1. The van der Waals surface area contributed by atoms with Gasteiger partial charge in [0.1, 0.15) is 11.3 Å². The first-order valence-electron chi connectivity index (χ1n) is 11.7. The predicted octanol–water partition coefficient (Wildman–Crippen LogP) is 3.47. The van der Waals surface area contributed by atoms with Crippen molar-refractivity contribution < 1.29 is 19.4 Å². The van der Waals surface area contributed by atoms with Gasteiger partial charge in [-0.1, -0.05) is 34.1 Å². The topological polar surface area (TPSA) is 87.4 Å². The molecule has 1 N–H and O–H groups in total. The molecule has 5 rings (SSSR count). The minimum Gasteiger partial charge on any atom is -0.505 e. The number of Topliss-reactive ketones (excluding diaryl/α,β-unsaturated/α-hetero) is 1. The van der Waals surface area contributed by atoms with Crippen LogP contribution in [0, 0.1) is 13.8 Å². The number of carbonyl (C=O) groups is 2. The molecule has 0 bridgehead atoms. The summed E-state index contributed by atoms with van der Waals surface area (Å²) < 4.78 is 8.09. The molecule has 1 aromatic carbocycles. The molecule has 182 valence electrons. The van der Waals surface area contributed by atoms with E-state index in [9.17, 15) is 14.7 Å². The number of benzene rings is 1. The van der Waals surface area contributed by atoms with E-state index in [2.05, 4.69) is 25.8 Å². The van der Waals surface area contributed by atoms with E-state index < -0.39 is 17.7 Å². The molecular formula is C26H27BrN4O4. The second-order valence-corrected chi connectivity index (χ2v) is 9.84. The van der Waals surface area contributed by atoms with Crippen LogP contribution in [0.1, 0.15) is 28.6 Å². The molecule has 0 aliphatic carbocycles. The number of hydrogen-bond donors (Lipinski definition) is 1. The van der Waals surface area contributed by atoms with Gasteiger partial charge in [0.15, 0.2) is 5.76 Å². The predicted molar refractivity (Wildman–Crippen MR) is 135 cm³/mol. The molecule has 2 aliphatic rings. The average molecular weight is 539 g/mol. The Kier molecular flexibility index (Phi) is 6.48. The maximum Gasteiger partial charge on any atom is 0.295 e. The number of carbonyl (C=O) groups excluding carboxylic acids is 2. The average Bonchev–Trinajstić information content (AvgIpc) is 3.33. The molecule has 8 nitrogen and oxygen atoms in total. The molecule has 4 heterocycles. The van der Waals surface area contributed by atoms with Gasteiger partial charge in [0.2, 0.25) is 0 Å². The number of aliphatic hydroxyl groups excluding tert-OH is 1. The third-order valence-electron chi connectivity index (χ3n) is 6.73. The number of morpholine rings is 1. The highest BCUT2D eigenvalue weighted by molar-refractivity contribution is 9.10. The highest BCUT2D eigenvalue weighted by Gasteiger charge is 2.46. The van der Waals surface area contributed by atoms with Crippen molar-refractivity contribution >= 4 is 39.0 Å². The smallest absolute Gasteiger partial charge is 0.295 e. The van der Waals surface area contributed by atoms with Crippen LogP contribution in [0.25, 0.3) is 11.4 Å². The molecule has 0 spiro atoms. The summed E-state index contributed by atoms with van der Waals surface area (Å²) in [5.74, 6) is -1.49. The summed E-state index contributed by atoms with van der Waals surface area (Å²) in [7, 11) is 0. The van der Waals surface area contributed by atoms with E-state index in [0.29, 0.717) is 43.3 Å². The van der Waals surface area contributed by atoms with Gasteiger partial charge in [-0.25, -0.2) is 4.98 Å². The van der Waals surface area contributed by atoms with E-state index >= 15 is 0 Å². The quantitative estimate of drug-likeness (QED) is 0.304. The van der Waals surface area contributed by atoms with Gasteiger partial charge in [-0.15, -0.1) is 0 Å². The van der Waals surface area contributed by atoms with Crippen molar-refractivity contribution in [2.45, 2.75) is 19.9 Å². The number of hydrogen-bond acceptors (Lipinski definition) is 6. The van der Waals surface area contributed by atoms with Crippen molar-refractivity contribution in [1.82, 2.24) is 19.2 Å². The lowest BCUT2D eigenvalue weighted by molar-refractivity contribution is -0.140. The van der Waals surface area contributed by atoms with Crippen molar-refractivity contribution in [3.63, 3.8) is 0 Å². The van der Waals surface area contributed by atoms with Gasteiger partial charge in [-0.3, -0.25) is 18.9 Å². The first kappa shape index (κ1) is 23.7. The summed E-state index contributed by atoms with van der Waals surface area (Å²) in [6.45, 7) is 7.61. The Hall–Kier alpha value is -3.01. The Morgan fingerprint density at radius 1 is 1.11 bits per heavy atom. The van der Waals surface area contributed by atoms with Gasteiger partial charge in [0, 0.05) is 36.8 Å². The molecule has 1 unspecified atom stereocenters. The van der Waals surface area contributed by atoms with E-state index in [0.717, 1.165) is 28.7 Å². The number of aryl methyl sites for hydroxylation is 2. The van der Waals surface area contributed by atoms with Crippen LogP contribution in [0.3, 0.4) is 0 Å². The van der Waals surface area contributed by atoms with E-state index in [1.807, 2.05) is 43.3 Å². The second-order valence-electron chi connectivity index (χ2n) is 8.93. The van der Waals surface area contributed by atoms with Crippen molar-refractivity contribution in [3.8, 4) is 0 Å². The number of fused-ring (bicyclic) bond motifs is 1. The summed E-state index contributed by atoms with van der Waals surface area (Å²) >= 11 is 3.46. The molecule has 3 aromatic rings. The van der Waals surface area contributed by atoms with Crippen molar-refractivity contribution in [2.24, 2.45) is 0 Å². The van der Waals surface area contributed by atoms with Crippen molar-refractivity contribution in [2.75, 3.05) is 39.4 Å². The number of aromatic nitrogens is 2. The van der Waals surface area contributed by atoms with Gasteiger partial charge in [0.05, 0.1) is 30.5 Å². The summed E-state index contributed by atoms with van der Waals surface area (Å²) in [6.07, 6.45) is 1.81. The molecule has 0 saturated carbocycles. The molecule has 35 heavy (non-hydrogen) atoms. The fourth-order valence-electron chi connectivity index (χ4n) is 4.91. The van der Waals surface area contributed by atoms with E-state index in [4.69, 9.17) is 4.74 Å². The Labute approximate surface area is 211 Å². The summed E-state index contributed by atoms with van der Waals surface area (Å²) in [5.41, 5.74) is 3.52. The number of amides is 1. The van der Waals surface area contributed by atoms with Gasteiger partial charge in [-0.2, -0.15) is 0 Å². The van der Waals surface area contributed by atoms with Crippen LogP contribution in [0.15, 0.2) is 52.6 Å². The van der Waals surface area contributed by atoms with E-state index in [1.54, 1.807) is 22.4 Å². The Morgan fingerprint density at radius 2 is 1.83 bits per heavy atom. The first-order valence-corrected chi connectivity index (χ1v) is 12.4. The second kappa shape index (κ2) is 9.56. The third kappa shape index (κ3) is 4.28. The van der Waals surface area contributed by atoms with Crippen LogP contribution >= 0.6 is 15.9 Å². The molecule has 2 aliphatic heterocycles. The Balaban J connectivity index is 1.62. The van der Waals surface area contributed by atoms with Crippen LogP contribution in [0.4, 0.5) is 0 Å². The highest BCUT2D eigenvalue weighted by Crippen LogP contribution is 2.40. The van der Waals surface area contributed by atoms with Crippen molar-refractivity contribution in [1.29, 1.82) is 0 Å². The summed E-state index contributed by atoms with van der Waals surface area (Å²) in [6, 6.07) is 10.6. The van der Waals surface area contributed by atoms with Crippen molar-refractivity contribution in [3.05, 3.63) is 75.2 Å². The lowest BCUT2D eigenvalue weighted by Gasteiger charge is -2.31. The fraction of sp³-hybridized carbons (Fsp3) is 0.346. The molecule has 2 aromatic heterocycles. The number of ketones is 1. The monoisotopic (exact) mass is 538 g/mol. The van der Waals surface area contributed by atoms with Gasteiger partial charge in [0.25, 0.3) is 11.7 Å². The van der Waals surface area contributed by atoms with E-state index in [-0.39, 0.29) is 11.3 Å². The third-order valence-corrected chi connectivity index (χ3v) is 7.26. The van der Waals surface area contributed by atoms with Gasteiger partial charge in [-0.05, 0) is 43.2 Å². The maximum atomic E-state index is 13.4. The fourth-order valence-corrected chi connectivity index (χ4v) is 5.17. The molecule has 9 heteroatoms. The molecule has 1 amide bonds. The lowest BCUT2D eigenvalue weighted by atomic mass is 9.96. The minimum absolute atomic E-state index is 0.0886. The van der Waals surface area contributed by atoms with Crippen LogP contribution in [-0.2, 0) is 14.3 Å². The maximum absolute atomic E-state index is 13.4. The summed E-state index contributed by atoms with van der Waals surface area (Å²) in [5, 5.41) is 11.6. The van der Waals surface area contributed by atoms with Crippen LogP contribution < -0.4 is 0 Å². The van der Waals surface area contributed by atoms with E-state index in [1.165, 1.54) is 0 Å². The first-order chi connectivity index (χ1) is 16.9. The zero-order valence-corrected chi connectivity index (χ0v) is 21.3. The Bertz CT molecular complexity index is 1330. The van der Waals surface area contributed by atoms with Crippen LogP contribution in [-0.4, -0.2) is 75.4 Å². The number of ether oxygens (including phenoxy) is 1. The van der Waals surface area contributed by atoms with Gasteiger partial charge >= 0.3 is 0 Å².